The molecule has 1 aromatic carbocycles. The van der Waals surface area contributed by atoms with E-state index in [0.717, 1.165) is 5.56 Å². The average molecular weight is 319 g/mol. The van der Waals surface area contributed by atoms with Gasteiger partial charge in [-0.05, 0) is 55.2 Å². The van der Waals surface area contributed by atoms with Crippen molar-refractivity contribution in [3.63, 3.8) is 0 Å². The van der Waals surface area contributed by atoms with Crippen LogP contribution in [0.5, 0.6) is 17.2 Å². The maximum Gasteiger partial charge on any atom is 0.224 e. The summed E-state index contributed by atoms with van der Waals surface area (Å²) in [5, 5.41) is 3.24. The topological polar surface area (TPSA) is 56.8 Å². The third-order valence-corrected chi connectivity index (χ3v) is 4.68. The van der Waals surface area contributed by atoms with E-state index < -0.39 is 0 Å². The molecule has 0 atom stereocenters. The van der Waals surface area contributed by atoms with Gasteiger partial charge < -0.3 is 19.5 Å². The van der Waals surface area contributed by atoms with Crippen LogP contribution < -0.4 is 19.5 Å². The molecule has 0 heterocycles. The van der Waals surface area contributed by atoms with Gasteiger partial charge in [-0.1, -0.05) is 0 Å². The minimum atomic E-state index is 0.0723. The Balaban J connectivity index is 1.69. The molecule has 2 saturated carbocycles. The molecule has 5 heteroatoms. The van der Waals surface area contributed by atoms with E-state index >= 15 is 0 Å². The van der Waals surface area contributed by atoms with E-state index in [1.165, 1.54) is 25.7 Å². The van der Waals surface area contributed by atoms with Gasteiger partial charge in [0.1, 0.15) is 0 Å². The molecule has 0 radical (unpaired) electrons. The van der Waals surface area contributed by atoms with Gasteiger partial charge in [-0.2, -0.15) is 0 Å². The molecule has 0 aliphatic heterocycles. The number of hydrogen-bond acceptors (Lipinski definition) is 4. The van der Waals surface area contributed by atoms with Crippen molar-refractivity contribution in [2.45, 2.75) is 38.1 Å². The highest BCUT2D eigenvalue weighted by Crippen LogP contribution is 2.44. The molecular weight excluding hydrogens is 294 g/mol. The van der Waals surface area contributed by atoms with Gasteiger partial charge in [-0.15, -0.1) is 0 Å². The molecule has 0 bridgehead atoms. The lowest BCUT2D eigenvalue weighted by atomic mass is 10.1. The summed E-state index contributed by atoms with van der Waals surface area (Å²) in [6.07, 6.45) is 5.35. The molecule has 1 N–H and O–H groups in total. The van der Waals surface area contributed by atoms with E-state index in [0.29, 0.717) is 41.5 Å². The highest BCUT2D eigenvalue weighted by Gasteiger charge is 2.42. The molecule has 0 unspecified atom stereocenters. The van der Waals surface area contributed by atoms with Crippen molar-refractivity contribution < 1.29 is 19.0 Å². The summed E-state index contributed by atoms with van der Waals surface area (Å²) in [6.45, 7) is 0. The molecule has 1 aromatic rings. The lowest BCUT2D eigenvalue weighted by molar-refractivity contribution is -0.121. The van der Waals surface area contributed by atoms with Crippen LogP contribution >= 0.6 is 0 Å². The van der Waals surface area contributed by atoms with Crippen LogP contribution in [0.25, 0.3) is 0 Å². The van der Waals surface area contributed by atoms with Crippen molar-refractivity contribution in [2.24, 2.45) is 11.8 Å². The Morgan fingerprint density at radius 1 is 1.04 bits per heavy atom. The second-order valence-corrected chi connectivity index (χ2v) is 6.48. The van der Waals surface area contributed by atoms with E-state index in [4.69, 9.17) is 14.2 Å². The van der Waals surface area contributed by atoms with Crippen LogP contribution in [0.4, 0.5) is 0 Å². The minimum absolute atomic E-state index is 0.0723. The molecule has 0 spiro atoms. The first-order valence-electron chi connectivity index (χ1n) is 8.24. The van der Waals surface area contributed by atoms with Crippen molar-refractivity contribution in [1.82, 2.24) is 5.32 Å². The number of hydrogen-bond donors (Lipinski definition) is 1. The molecular formula is C18H25NO4. The Bertz CT molecular complexity index is 541. The number of rotatable bonds is 8. The largest absolute Gasteiger partial charge is 0.493 e. The summed E-state index contributed by atoms with van der Waals surface area (Å²) < 4.78 is 16.0. The lowest BCUT2D eigenvalue weighted by Gasteiger charge is -2.18. The van der Waals surface area contributed by atoms with Gasteiger partial charge in [0, 0.05) is 6.04 Å². The molecule has 126 valence electrons. The second kappa shape index (κ2) is 6.69. The quantitative estimate of drug-likeness (QED) is 0.800. The molecule has 2 fully saturated rings. The van der Waals surface area contributed by atoms with Crippen LogP contribution in [0.3, 0.4) is 0 Å². The summed E-state index contributed by atoms with van der Waals surface area (Å²) in [5.41, 5.74) is 0.863. The number of carbonyl (C=O) groups is 1. The Morgan fingerprint density at radius 2 is 1.57 bits per heavy atom. The van der Waals surface area contributed by atoms with Crippen LogP contribution in [-0.2, 0) is 11.2 Å². The predicted molar refractivity (Wildman–Crippen MR) is 87.2 cm³/mol. The normalized spacial score (nSPS) is 17.0. The van der Waals surface area contributed by atoms with Gasteiger partial charge in [0.25, 0.3) is 0 Å². The summed E-state index contributed by atoms with van der Waals surface area (Å²) in [7, 11) is 4.73. The molecule has 3 rings (SSSR count). The van der Waals surface area contributed by atoms with Gasteiger partial charge in [0.05, 0.1) is 27.8 Å². The van der Waals surface area contributed by atoms with E-state index in [1.54, 1.807) is 21.3 Å². The first kappa shape index (κ1) is 16.0. The Labute approximate surface area is 137 Å². The van der Waals surface area contributed by atoms with Crippen LogP contribution in [0.15, 0.2) is 12.1 Å². The highest BCUT2D eigenvalue weighted by molar-refractivity contribution is 5.79. The number of benzene rings is 1. The van der Waals surface area contributed by atoms with Crippen molar-refractivity contribution in [3.05, 3.63) is 17.7 Å². The van der Waals surface area contributed by atoms with E-state index in [2.05, 4.69) is 5.32 Å². The monoisotopic (exact) mass is 319 g/mol. The molecule has 2 aliphatic carbocycles. The second-order valence-electron chi connectivity index (χ2n) is 6.48. The van der Waals surface area contributed by atoms with Crippen LogP contribution in [0, 0.1) is 11.8 Å². The standard InChI is InChI=1S/C18H25NO4/c1-21-14-8-11(9-15(22-2)18(14)23-3)10-16(20)19-17(12-4-5-12)13-6-7-13/h8-9,12-13,17H,4-7,10H2,1-3H3,(H,19,20). The molecule has 23 heavy (non-hydrogen) atoms. The summed E-state index contributed by atoms with van der Waals surface area (Å²) in [4.78, 5) is 12.4. The van der Waals surface area contributed by atoms with E-state index in [1.807, 2.05) is 12.1 Å². The summed E-state index contributed by atoms with van der Waals surface area (Å²) in [6, 6.07) is 4.05. The lowest BCUT2D eigenvalue weighted by Crippen LogP contribution is -2.38. The number of ether oxygens (including phenoxy) is 3. The Kier molecular flexibility index (Phi) is 4.64. The van der Waals surface area contributed by atoms with Crippen LogP contribution in [0.2, 0.25) is 0 Å². The minimum Gasteiger partial charge on any atom is -0.493 e. The van der Waals surface area contributed by atoms with Crippen molar-refractivity contribution in [3.8, 4) is 17.2 Å². The zero-order chi connectivity index (χ0) is 16.4. The van der Waals surface area contributed by atoms with E-state index in [-0.39, 0.29) is 5.91 Å². The number of nitrogens with one attached hydrogen (secondary N) is 1. The smallest absolute Gasteiger partial charge is 0.224 e. The number of amides is 1. The maximum atomic E-state index is 12.4. The fourth-order valence-electron chi connectivity index (χ4n) is 3.19. The first-order valence-corrected chi connectivity index (χ1v) is 8.24. The zero-order valence-corrected chi connectivity index (χ0v) is 14.1. The SMILES string of the molecule is COc1cc(CC(=O)NC(C2CC2)C2CC2)cc(OC)c1OC. The fourth-order valence-corrected chi connectivity index (χ4v) is 3.19. The first-order chi connectivity index (χ1) is 11.2. The van der Waals surface area contributed by atoms with Gasteiger partial charge in [-0.25, -0.2) is 0 Å². The Hall–Kier alpha value is -1.91. The zero-order valence-electron chi connectivity index (χ0n) is 14.1. The molecule has 1 amide bonds. The number of carbonyl (C=O) groups excluding carboxylic acids is 1. The summed E-state index contributed by atoms with van der Waals surface area (Å²) in [5.74, 6) is 3.18. The van der Waals surface area contributed by atoms with Crippen molar-refractivity contribution in [1.29, 1.82) is 0 Å². The predicted octanol–water partition coefficient (Wildman–Crippen LogP) is 2.56. The van der Waals surface area contributed by atoms with Crippen molar-refractivity contribution in [2.75, 3.05) is 21.3 Å². The molecule has 2 aliphatic rings. The van der Waals surface area contributed by atoms with Gasteiger partial charge in [0.2, 0.25) is 11.7 Å². The molecule has 0 saturated heterocycles. The third-order valence-electron chi connectivity index (χ3n) is 4.68. The average Bonchev–Trinajstić information content (AvgIpc) is 3.44. The van der Waals surface area contributed by atoms with Crippen molar-refractivity contribution >= 4 is 5.91 Å². The Morgan fingerprint density at radius 3 is 1.96 bits per heavy atom. The molecule has 5 nitrogen and oxygen atoms in total. The fraction of sp³-hybridized carbons (Fsp3) is 0.611. The van der Waals surface area contributed by atoms with Crippen LogP contribution in [0.1, 0.15) is 31.2 Å². The number of methoxy groups -OCH3 is 3. The summed E-state index contributed by atoms with van der Waals surface area (Å²) >= 11 is 0. The third kappa shape index (κ3) is 3.71. The van der Waals surface area contributed by atoms with E-state index in [9.17, 15) is 4.79 Å². The maximum absolute atomic E-state index is 12.4. The molecule has 0 aromatic heterocycles. The highest BCUT2D eigenvalue weighted by atomic mass is 16.5. The van der Waals surface area contributed by atoms with Crippen LogP contribution in [-0.4, -0.2) is 33.3 Å². The van der Waals surface area contributed by atoms with Gasteiger partial charge >= 0.3 is 0 Å². The van der Waals surface area contributed by atoms with Gasteiger partial charge in [-0.3, -0.25) is 4.79 Å². The van der Waals surface area contributed by atoms with Gasteiger partial charge in [0.15, 0.2) is 11.5 Å².